The average molecular weight is 499 g/mol. The molecule has 0 atom stereocenters. The van der Waals surface area contributed by atoms with Crippen molar-refractivity contribution >= 4 is 34.3 Å². The molecule has 196 valence electrons. The molecule has 0 bridgehead atoms. The van der Waals surface area contributed by atoms with Crippen LogP contribution in [0.2, 0.25) is 0 Å². The van der Waals surface area contributed by atoms with Crippen molar-refractivity contribution in [1.29, 1.82) is 0 Å². The molecule has 2 aliphatic rings. The first-order valence-corrected chi connectivity index (χ1v) is 12.8. The van der Waals surface area contributed by atoms with Crippen LogP contribution in [0.15, 0.2) is 22.6 Å². The maximum absolute atomic E-state index is 12.9. The lowest BCUT2D eigenvalue weighted by Gasteiger charge is -2.36. The largest absolute Gasteiger partial charge is 0.465 e. The molecule has 36 heavy (non-hydrogen) atoms. The number of carbonyl (C=O) groups is 2. The molecule has 1 amide bonds. The normalized spacial score (nSPS) is 17.2. The highest BCUT2D eigenvalue weighted by atomic mass is 16.6. The SMILES string of the molecule is CCN(c1cc2oc(C3=CCN(C(=O)OC(C)(C)C)CC3)cc2c(C(=O)OC)c1C)C1CCOCC1. The fourth-order valence-corrected chi connectivity index (χ4v) is 5.10. The molecule has 0 aliphatic carbocycles. The van der Waals surface area contributed by atoms with Crippen molar-refractivity contribution in [3.63, 3.8) is 0 Å². The van der Waals surface area contributed by atoms with Gasteiger partial charge in [0.25, 0.3) is 0 Å². The van der Waals surface area contributed by atoms with Gasteiger partial charge in [-0.3, -0.25) is 0 Å². The highest BCUT2D eigenvalue weighted by molar-refractivity contribution is 6.07. The van der Waals surface area contributed by atoms with Crippen molar-refractivity contribution in [2.45, 2.75) is 65.5 Å². The molecular weight excluding hydrogens is 460 g/mol. The summed E-state index contributed by atoms with van der Waals surface area (Å²) in [6.07, 6.45) is 4.22. The van der Waals surface area contributed by atoms with Gasteiger partial charge in [0.1, 0.15) is 16.9 Å². The summed E-state index contributed by atoms with van der Waals surface area (Å²) in [4.78, 5) is 29.4. The maximum atomic E-state index is 12.9. The van der Waals surface area contributed by atoms with E-state index in [9.17, 15) is 9.59 Å². The van der Waals surface area contributed by atoms with Crippen molar-refractivity contribution in [2.75, 3.05) is 44.9 Å². The Hall–Kier alpha value is -3.00. The number of hydrogen-bond acceptors (Lipinski definition) is 7. The van der Waals surface area contributed by atoms with Gasteiger partial charge in [0.15, 0.2) is 0 Å². The van der Waals surface area contributed by atoms with Crippen LogP contribution in [-0.2, 0) is 14.2 Å². The zero-order valence-corrected chi connectivity index (χ0v) is 22.3. The Bertz CT molecular complexity index is 1150. The highest BCUT2D eigenvalue weighted by Crippen LogP contribution is 2.38. The van der Waals surface area contributed by atoms with E-state index in [1.54, 1.807) is 4.90 Å². The first-order chi connectivity index (χ1) is 17.1. The van der Waals surface area contributed by atoms with Crippen molar-refractivity contribution in [2.24, 2.45) is 0 Å². The third kappa shape index (κ3) is 5.38. The van der Waals surface area contributed by atoms with Crippen LogP contribution in [0, 0.1) is 6.92 Å². The molecule has 0 saturated carbocycles. The van der Waals surface area contributed by atoms with Crippen molar-refractivity contribution in [3.8, 4) is 0 Å². The minimum Gasteiger partial charge on any atom is -0.465 e. The summed E-state index contributed by atoms with van der Waals surface area (Å²) in [5, 5.41) is 0.747. The van der Waals surface area contributed by atoms with Crippen LogP contribution in [0.5, 0.6) is 0 Å². The molecule has 0 unspecified atom stereocenters. The van der Waals surface area contributed by atoms with Gasteiger partial charge in [-0.2, -0.15) is 0 Å². The van der Waals surface area contributed by atoms with Gasteiger partial charge in [-0.15, -0.1) is 0 Å². The summed E-state index contributed by atoms with van der Waals surface area (Å²) in [7, 11) is 1.41. The van der Waals surface area contributed by atoms with Crippen LogP contribution < -0.4 is 4.90 Å². The topological polar surface area (TPSA) is 81.5 Å². The lowest BCUT2D eigenvalue weighted by molar-refractivity contribution is 0.0270. The molecule has 3 heterocycles. The van der Waals surface area contributed by atoms with E-state index in [0.29, 0.717) is 42.5 Å². The molecule has 8 heteroatoms. The second kappa shape index (κ2) is 10.5. The summed E-state index contributed by atoms with van der Waals surface area (Å²) in [5.74, 6) is 0.341. The number of methoxy groups -OCH3 is 1. The predicted molar refractivity (Wildman–Crippen MR) is 140 cm³/mol. The van der Waals surface area contributed by atoms with E-state index >= 15 is 0 Å². The number of benzene rings is 1. The molecule has 1 aromatic heterocycles. The average Bonchev–Trinajstić information content (AvgIpc) is 3.27. The van der Waals surface area contributed by atoms with E-state index in [1.807, 2.05) is 39.8 Å². The van der Waals surface area contributed by atoms with Crippen LogP contribution in [0.1, 0.15) is 68.6 Å². The molecule has 8 nitrogen and oxygen atoms in total. The number of furan rings is 1. The number of nitrogens with zero attached hydrogens (tertiary/aromatic N) is 2. The molecule has 4 rings (SSSR count). The number of fused-ring (bicyclic) bond motifs is 1. The predicted octanol–water partition coefficient (Wildman–Crippen LogP) is 5.56. The molecule has 0 radical (unpaired) electrons. The lowest BCUT2D eigenvalue weighted by atomic mass is 9.98. The summed E-state index contributed by atoms with van der Waals surface area (Å²) < 4.78 is 22.6. The fourth-order valence-electron chi connectivity index (χ4n) is 5.10. The van der Waals surface area contributed by atoms with Gasteiger partial charge in [0.2, 0.25) is 0 Å². The number of anilines is 1. The Kier molecular flexibility index (Phi) is 7.64. The number of rotatable bonds is 5. The summed E-state index contributed by atoms with van der Waals surface area (Å²) in [6, 6.07) is 4.33. The number of ether oxygens (including phenoxy) is 3. The van der Waals surface area contributed by atoms with Gasteiger partial charge < -0.3 is 28.4 Å². The third-order valence-electron chi connectivity index (χ3n) is 6.91. The molecule has 1 saturated heterocycles. The van der Waals surface area contributed by atoms with Crippen LogP contribution in [0.25, 0.3) is 16.5 Å². The Morgan fingerprint density at radius 3 is 2.50 bits per heavy atom. The van der Waals surface area contributed by atoms with Gasteiger partial charge in [-0.1, -0.05) is 6.08 Å². The molecule has 2 aromatic rings. The Morgan fingerprint density at radius 2 is 1.92 bits per heavy atom. The quantitative estimate of drug-likeness (QED) is 0.500. The van der Waals surface area contributed by atoms with Crippen molar-refractivity contribution < 1.29 is 28.2 Å². The van der Waals surface area contributed by atoms with Gasteiger partial charge >= 0.3 is 12.1 Å². The number of hydrogen-bond donors (Lipinski definition) is 0. The first kappa shape index (κ1) is 26.1. The fraction of sp³-hybridized carbons (Fsp3) is 0.571. The molecule has 0 spiro atoms. The van der Waals surface area contributed by atoms with Crippen LogP contribution in [0.3, 0.4) is 0 Å². The summed E-state index contributed by atoms with van der Waals surface area (Å²) in [6.45, 7) is 13.0. The van der Waals surface area contributed by atoms with Crippen LogP contribution >= 0.6 is 0 Å². The van der Waals surface area contributed by atoms with E-state index in [0.717, 1.165) is 54.8 Å². The van der Waals surface area contributed by atoms with E-state index in [1.165, 1.54) is 7.11 Å². The monoisotopic (exact) mass is 498 g/mol. The summed E-state index contributed by atoms with van der Waals surface area (Å²) >= 11 is 0. The Balaban J connectivity index is 1.69. The zero-order valence-electron chi connectivity index (χ0n) is 22.3. The van der Waals surface area contributed by atoms with Gasteiger partial charge in [0.05, 0.1) is 12.7 Å². The lowest BCUT2D eigenvalue weighted by Crippen LogP contribution is -2.40. The molecular formula is C28H38N2O6. The minimum absolute atomic E-state index is 0.316. The van der Waals surface area contributed by atoms with Gasteiger partial charge in [0, 0.05) is 56.0 Å². The summed E-state index contributed by atoms with van der Waals surface area (Å²) in [5.41, 5.74) is 3.56. The number of esters is 1. The third-order valence-corrected chi connectivity index (χ3v) is 6.91. The highest BCUT2D eigenvalue weighted by Gasteiger charge is 2.29. The van der Waals surface area contributed by atoms with E-state index in [2.05, 4.69) is 17.9 Å². The van der Waals surface area contributed by atoms with Crippen LogP contribution in [0.4, 0.5) is 10.5 Å². The van der Waals surface area contributed by atoms with Crippen molar-refractivity contribution in [3.05, 3.63) is 35.1 Å². The smallest absolute Gasteiger partial charge is 0.410 e. The number of amides is 1. The van der Waals surface area contributed by atoms with E-state index in [-0.39, 0.29) is 12.1 Å². The second-order valence-corrected chi connectivity index (χ2v) is 10.4. The first-order valence-electron chi connectivity index (χ1n) is 12.8. The van der Waals surface area contributed by atoms with E-state index < -0.39 is 5.60 Å². The van der Waals surface area contributed by atoms with Crippen molar-refractivity contribution in [1.82, 2.24) is 4.90 Å². The number of carbonyl (C=O) groups excluding carboxylic acids is 2. The molecule has 0 N–H and O–H groups in total. The van der Waals surface area contributed by atoms with E-state index in [4.69, 9.17) is 18.6 Å². The second-order valence-electron chi connectivity index (χ2n) is 10.4. The van der Waals surface area contributed by atoms with Crippen LogP contribution in [-0.4, -0.2) is 68.6 Å². The Labute approximate surface area is 213 Å². The van der Waals surface area contributed by atoms with Gasteiger partial charge in [-0.25, -0.2) is 9.59 Å². The molecule has 1 aromatic carbocycles. The van der Waals surface area contributed by atoms with Gasteiger partial charge in [-0.05, 0) is 71.1 Å². The standard InChI is InChI=1S/C28H38N2O6/c1-7-30(20-10-14-34-15-11-20)22-17-24-21(25(18(22)2)26(31)33-6)16-23(35-24)19-8-12-29(13-9-19)27(32)36-28(3,4)5/h8,16-17,20H,7,9-15H2,1-6H3. The Morgan fingerprint density at radius 1 is 1.19 bits per heavy atom. The minimum atomic E-state index is -0.531. The molecule has 1 fully saturated rings. The zero-order chi connectivity index (χ0) is 26.0. The maximum Gasteiger partial charge on any atom is 0.410 e. The molecule has 2 aliphatic heterocycles.